The zero-order chi connectivity index (χ0) is 13.1. The quantitative estimate of drug-likeness (QED) is 0.931. The second-order valence-corrected chi connectivity index (χ2v) is 4.81. The molecule has 5 nitrogen and oxygen atoms in total. The fourth-order valence-corrected chi connectivity index (χ4v) is 2.39. The monoisotopic (exact) mass is 276 g/mol. The highest BCUT2D eigenvalue weighted by molar-refractivity contribution is 7.07. The molecule has 6 heteroatoms. The number of thiazole rings is 1. The van der Waals surface area contributed by atoms with E-state index in [1.54, 1.807) is 23.7 Å². The van der Waals surface area contributed by atoms with Crippen LogP contribution in [-0.4, -0.2) is 17.7 Å². The van der Waals surface area contributed by atoms with E-state index in [0.29, 0.717) is 30.0 Å². The molecule has 19 heavy (non-hydrogen) atoms. The summed E-state index contributed by atoms with van der Waals surface area (Å²) in [4.78, 5) is 15.9. The van der Waals surface area contributed by atoms with Gasteiger partial charge in [0.2, 0.25) is 12.7 Å². The molecule has 1 aromatic heterocycles. The summed E-state index contributed by atoms with van der Waals surface area (Å²) in [6, 6.07) is 5.36. The molecule has 0 saturated heterocycles. The fraction of sp³-hybridized carbons (Fsp3) is 0.231. The summed E-state index contributed by atoms with van der Waals surface area (Å²) in [6.45, 7) is 0.233. The number of carbonyl (C=O) groups excluding carboxylic acids is 1. The lowest BCUT2D eigenvalue weighted by Gasteiger charge is -2.05. The number of nitrogens with one attached hydrogen (secondary N) is 1. The molecule has 0 radical (unpaired) electrons. The van der Waals surface area contributed by atoms with Crippen molar-refractivity contribution in [2.75, 3.05) is 12.1 Å². The first-order valence-corrected chi connectivity index (χ1v) is 6.82. The summed E-state index contributed by atoms with van der Waals surface area (Å²) in [5.41, 5.74) is 3.43. The molecule has 0 spiro atoms. The van der Waals surface area contributed by atoms with Crippen LogP contribution in [0, 0.1) is 0 Å². The van der Waals surface area contributed by atoms with Crippen molar-refractivity contribution >= 4 is 22.9 Å². The number of rotatable bonds is 4. The van der Waals surface area contributed by atoms with Gasteiger partial charge >= 0.3 is 0 Å². The van der Waals surface area contributed by atoms with Crippen molar-refractivity contribution in [2.45, 2.75) is 12.8 Å². The number of ether oxygens (including phenoxy) is 2. The molecule has 1 amide bonds. The topological polar surface area (TPSA) is 60.5 Å². The number of carbonyl (C=O) groups is 1. The highest BCUT2D eigenvalue weighted by atomic mass is 32.1. The summed E-state index contributed by atoms with van der Waals surface area (Å²) in [6.07, 6.45) is 1.07. The number of amides is 1. The van der Waals surface area contributed by atoms with E-state index in [1.807, 2.05) is 5.38 Å². The Morgan fingerprint density at radius 3 is 3.11 bits per heavy atom. The minimum absolute atomic E-state index is 0.0353. The zero-order valence-electron chi connectivity index (χ0n) is 10.1. The van der Waals surface area contributed by atoms with Crippen LogP contribution >= 0.6 is 11.3 Å². The second-order valence-electron chi connectivity index (χ2n) is 4.10. The van der Waals surface area contributed by atoms with E-state index < -0.39 is 0 Å². The van der Waals surface area contributed by atoms with Gasteiger partial charge in [-0.3, -0.25) is 4.79 Å². The Balaban J connectivity index is 1.57. The van der Waals surface area contributed by atoms with E-state index in [-0.39, 0.29) is 12.7 Å². The van der Waals surface area contributed by atoms with Crippen molar-refractivity contribution in [1.29, 1.82) is 0 Å². The number of hydrogen-bond donors (Lipinski definition) is 1. The fourth-order valence-electron chi connectivity index (χ4n) is 1.80. The lowest BCUT2D eigenvalue weighted by Crippen LogP contribution is -2.12. The van der Waals surface area contributed by atoms with Gasteiger partial charge in [-0.1, -0.05) is 0 Å². The SMILES string of the molecule is O=C(CCc1cscn1)Nc1ccc2c(c1)OCO2. The minimum atomic E-state index is -0.0353. The van der Waals surface area contributed by atoms with Gasteiger partial charge in [0.1, 0.15) is 0 Å². The molecule has 0 unspecified atom stereocenters. The second kappa shape index (κ2) is 5.27. The molecule has 0 fully saturated rings. The summed E-state index contributed by atoms with van der Waals surface area (Å²) < 4.78 is 10.5. The molecule has 1 aliphatic rings. The standard InChI is InChI=1S/C13H12N2O3S/c16-13(4-2-10-6-19-7-14-10)15-9-1-3-11-12(5-9)18-8-17-11/h1,3,5-7H,2,4,8H2,(H,15,16). The average Bonchev–Trinajstić information content (AvgIpc) is 3.07. The Hall–Kier alpha value is -2.08. The van der Waals surface area contributed by atoms with E-state index >= 15 is 0 Å². The largest absolute Gasteiger partial charge is 0.454 e. The molecule has 0 saturated carbocycles. The van der Waals surface area contributed by atoms with Crippen LogP contribution in [0.2, 0.25) is 0 Å². The smallest absolute Gasteiger partial charge is 0.231 e. The van der Waals surface area contributed by atoms with E-state index in [4.69, 9.17) is 9.47 Å². The first-order valence-electron chi connectivity index (χ1n) is 5.88. The summed E-state index contributed by atoms with van der Waals surface area (Å²) in [7, 11) is 0. The molecule has 2 aromatic rings. The molecule has 0 atom stereocenters. The van der Waals surface area contributed by atoms with Crippen molar-refractivity contribution < 1.29 is 14.3 Å². The van der Waals surface area contributed by atoms with Gasteiger partial charge in [0.25, 0.3) is 0 Å². The maximum atomic E-state index is 11.8. The van der Waals surface area contributed by atoms with Crippen LogP contribution in [0.25, 0.3) is 0 Å². The van der Waals surface area contributed by atoms with Crippen LogP contribution in [0.15, 0.2) is 29.1 Å². The van der Waals surface area contributed by atoms with E-state index in [9.17, 15) is 4.79 Å². The lowest BCUT2D eigenvalue weighted by atomic mass is 10.2. The molecule has 3 rings (SSSR count). The number of hydrogen-bond acceptors (Lipinski definition) is 5. The van der Waals surface area contributed by atoms with Crippen LogP contribution in [-0.2, 0) is 11.2 Å². The normalized spacial score (nSPS) is 12.4. The van der Waals surface area contributed by atoms with Gasteiger partial charge in [-0.2, -0.15) is 0 Å². The van der Waals surface area contributed by atoms with Crippen molar-refractivity contribution in [3.8, 4) is 11.5 Å². The van der Waals surface area contributed by atoms with Crippen molar-refractivity contribution in [2.24, 2.45) is 0 Å². The lowest BCUT2D eigenvalue weighted by molar-refractivity contribution is -0.116. The van der Waals surface area contributed by atoms with Crippen LogP contribution in [0.5, 0.6) is 11.5 Å². The molecule has 1 aromatic carbocycles. The van der Waals surface area contributed by atoms with Crippen molar-refractivity contribution in [3.63, 3.8) is 0 Å². The van der Waals surface area contributed by atoms with Gasteiger partial charge < -0.3 is 14.8 Å². The third kappa shape index (κ3) is 2.85. The molecular formula is C13H12N2O3S. The summed E-state index contributed by atoms with van der Waals surface area (Å²) >= 11 is 1.54. The Labute approximate surface area is 114 Å². The minimum Gasteiger partial charge on any atom is -0.454 e. The van der Waals surface area contributed by atoms with E-state index in [0.717, 1.165) is 5.69 Å². The summed E-state index contributed by atoms with van der Waals surface area (Å²) in [5, 5.41) is 4.79. The van der Waals surface area contributed by atoms with Gasteiger partial charge in [0, 0.05) is 23.6 Å². The van der Waals surface area contributed by atoms with E-state index in [1.165, 1.54) is 11.3 Å². The van der Waals surface area contributed by atoms with Crippen molar-refractivity contribution in [3.05, 3.63) is 34.8 Å². The van der Waals surface area contributed by atoms with E-state index in [2.05, 4.69) is 10.3 Å². The molecule has 0 bridgehead atoms. The van der Waals surface area contributed by atoms with Gasteiger partial charge in [-0.25, -0.2) is 4.98 Å². The summed E-state index contributed by atoms with van der Waals surface area (Å²) in [5.74, 6) is 1.34. The van der Waals surface area contributed by atoms with Crippen LogP contribution in [0.4, 0.5) is 5.69 Å². The van der Waals surface area contributed by atoms with Gasteiger partial charge in [-0.15, -0.1) is 11.3 Å². The highest BCUT2D eigenvalue weighted by Crippen LogP contribution is 2.34. The third-order valence-electron chi connectivity index (χ3n) is 2.75. The molecule has 0 aliphatic carbocycles. The Morgan fingerprint density at radius 1 is 1.37 bits per heavy atom. The number of aryl methyl sites for hydroxylation is 1. The third-order valence-corrected chi connectivity index (χ3v) is 3.38. The molecule has 1 aliphatic heterocycles. The maximum Gasteiger partial charge on any atom is 0.231 e. The Bertz CT molecular complexity index is 584. The molecular weight excluding hydrogens is 264 g/mol. The number of aromatic nitrogens is 1. The van der Waals surface area contributed by atoms with Crippen LogP contribution < -0.4 is 14.8 Å². The van der Waals surface area contributed by atoms with Gasteiger partial charge in [0.05, 0.1) is 11.2 Å². The molecule has 1 N–H and O–H groups in total. The predicted octanol–water partition coefficient (Wildman–Crippen LogP) is 2.44. The highest BCUT2D eigenvalue weighted by Gasteiger charge is 2.14. The average molecular weight is 276 g/mol. The van der Waals surface area contributed by atoms with Gasteiger partial charge in [-0.05, 0) is 18.6 Å². The molecule has 2 heterocycles. The number of benzene rings is 1. The zero-order valence-corrected chi connectivity index (χ0v) is 10.9. The Kier molecular flexibility index (Phi) is 3.33. The van der Waals surface area contributed by atoms with Crippen LogP contribution in [0.3, 0.4) is 0 Å². The van der Waals surface area contributed by atoms with Gasteiger partial charge in [0.15, 0.2) is 11.5 Å². The number of nitrogens with zero attached hydrogens (tertiary/aromatic N) is 1. The first-order chi connectivity index (χ1) is 9.31. The maximum absolute atomic E-state index is 11.8. The van der Waals surface area contributed by atoms with Crippen LogP contribution in [0.1, 0.15) is 12.1 Å². The van der Waals surface area contributed by atoms with Crippen molar-refractivity contribution in [1.82, 2.24) is 4.98 Å². The molecule has 98 valence electrons. The number of fused-ring (bicyclic) bond motifs is 1. The number of anilines is 1. The Morgan fingerprint density at radius 2 is 2.26 bits per heavy atom. The first kappa shape index (κ1) is 12.0. The predicted molar refractivity (Wildman–Crippen MR) is 71.6 cm³/mol.